The van der Waals surface area contributed by atoms with Crippen molar-refractivity contribution in [3.63, 3.8) is 0 Å². The summed E-state index contributed by atoms with van der Waals surface area (Å²) in [6.07, 6.45) is -5.16. The molecule has 2 aromatic carbocycles. The first-order valence-corrected chi connectivity index (χ1v) is 6.79. The standard InChI is InChI=1S/C16H15F3N2O2/c1-10(22)11-4-2-6-13(8-11)20-15(23)21-14-7-3-5-12(9-14)16(17,18)19/h2-10,22H,1H3,(H2,20,21,23). The lowest BCUT2D eigenvalue weighted by molar-refractivity contribution is -0.137. The van der Waals surface area contributed by atoms with Crippen LogP contribution in [0, 0.1) is 0 Å². The second kappa shape index (κ2) is 6.70. The van der Waals surface area contributed by atoms with Gasteiger partial charge in [-0.15, -0.1) is 0 Å². The highest BCUT2D eigenvalue weighted by Crippen LogP contribution is 2.30. The maximum absolute atomic E-state index is 12.6. The molecule has 0 heterocycles. The van der Waals surface area contributed by atoms with Crippen LogP contribution < -0.4 is 10.6 Å². The van der Waals surface area contributed by atoms with Crippen molar-refractivity contribution in [3.05, 3.63) is 59.7 Å². The van der Waals surface area contributed by atoms with Crippen LogP contribution in [-0.4, -0.2) is 11.1 Å². The van der Waals surface area contributed by atoms with E-state index in [1.54, 1.807) is 31.2 Å². The number of alkyl halides is 3. The number of hydrogen-bond donors (Lipinski definition) is 3. The SMILES string of the molecule is CC(O)c1cccc(NC(=O)Nc2cccc(C(F)(F)F)c2)c1. The fourth-order valence-electron chi connectivity index (χ4n) is 1.94. The number of benzene rings is 2. The Balaban J connectivity index is 2.07. The minimum atomic E-state index is -4.47. The summed E-state index contributed by atoms with van der Waals surface area (Å²) in [6.45, 7) is 1.59. The topological polar surface area (TPSA) is 61.4 Å². The van der Waals surface area contributed by atoms with Crippen LogP contribution >= 0.6 is 0 Å². The molecule has 0 aliphatic carbocycles. The lowest BCUT2D eigenvalue weighted by atomic mass is 10.1. The van der Waals surface area contributed by atoms with Gasteiger partial charge in [-0.25, -0.2) is 4.79 Å². The third-order valence-electron chi connectivity index (χ3n) is 3.07. The predicted octanol–water partition coefficient (Wildman–Crippen LogP) is 4.40. The van der Waals surface area contributed by atoms with Gasteiger partial charge in [-0.1, -0.05) is 18.2 Å². The van der Waals surface area contributed by atoms with E-state index in [0.717, 1.165) is 12.1 Å². The maximum atomic E-state index is 12.6. The van der Waals surface area contributed by atoms with Crippen LogP contribution in [0.2, 0.25) is 0 Å². The van der Waals surface area contributed by atoms with Crippen LogP contribution in [0.1, 0.15) is 24.2 Å². The zero-order valence-corrected chi connectivity index (χ0v) is 12.2. The lowest BCUT2D eigenvalue weighted by Gasteiger charge is -2.12. The number of hydrogen-bond acceptors (Lipinski definition) is 2. The number of urea groups is 1. The molecule has 2 rings (SSSR count). The fourth-order valence-corrected chi connectivity index (χ4v) is 1.94. The van der Waals surface area contributed by atoms with Gasteiger partial charge in [0.2, 0.25) is 0 Å². The molecule has 1 unspecified atom stereocenters. The fraction of sp³-hybridized carbons (Fsp3) is 0.188. The van der Waals surface area contributed by atoms with Crippen molar-refractivity contribution >= 4 is 17.4 Å². The highest BCUT2D eigenvalue weighted by Gasteiger charge is 2.30. The molecular formula is C16H15F3N2O2. The minimum absolute atomic E-state index is 0.0315. The van der Waals surface area contributed by atoms with Crippen LogP contribution in [-0.2, 0) is 6.18 Å². The number of halogens is 3. The van der Waals surface area contributed by atoms with Crippen LogP contribution in [0.15, 0.2) is 48.5 Å². The van der Waals surface area contributed by atoms with Gasteiger partial charge in [0.1, 0.15) is 0 Å². The highest BCUT2D eigenvalue weighted by atomic mass is 19.4. The van der Waals surface area contributed by atoms with E-state index in [1.165, 1.54) is 12.1 Å². The molecule has 2 aromatic rings. The normalized spacial score (nSPS) is 12.6. The van der Waals surface area contributed by atoms with Crippen molar-refractivity contribution in [2.45, 2.75) is 19.2 Å². The molecule has 0 saturated carbocycles. The molecular weight excluding hydrogens is 309 g/mol. The van der Waals surface area contributed by atoms with Gasteiger partial charge in [-0.3, -0.25) is 0 Å². The largest absolute Gasteiger partial charge is 0.416 e. The number of rotatable bonds is 3. The zero-order valence-electron chi connectivity index (χ0n) is 12.2. The van der Waals surface area contributed by atoms with Gasteiger partial charge in [0, 0.05) is 11.4 Å². The van der Waals surface area contributed by atoms with Crippen molar-refractivity contribution in [2.24, 2.45) is 0 Å². The summed E-state index contributed by atoms with van der Waals surface area (Å²) in [4.78, 5) is 11.9. The van der Waals surface area contributed by atoms with E-state index in [-0.39, 0.29) is 5.69 Å². The molecule has 0 aliphatic heterocycles. The van der Waals surface area contributed by atoms with E-state index < -0.39 is 23.9 Å². The number of nitrogens with one attached hydrogen (secondary N) is 2. The summed E-state index contributed by atoms with van der Waals surface area (Å²) in [6, 6.07) is 10.2. The number of aliphatic hydroxyl groups excluding tert-OH is 1. The number of amides is 2. The molecule has 3 N–H and O–H groups in total. The first-order valence-electron chi connectivity index (χ1n) is 6.79. The molecule has 23 heavy (non-hydrogen) atoms. The van der Waals surface area contributed by atoms with Crippen LogP contribution in [0.3, 0.4) is 0 Å². The molecule has 0 saturated heterocycles. The van der Waals surface area contributed by atoms with E-state index in [2.05, 4.69) is 10.6 Å². The third kappa shape index (κ3) is 4.72. The maximum Gasteiger partial charge on any atom is 0.416 e. The second-order valence-corrected chi connectivity index (χ2v) is 4.96. The number of aliphatic hydroxyl groups is 1. The van der Waals surface area contributed by atoms with Gasteiger partial charge in [0.15, 0.2) is 0 Å². The van der Waals surface area contributed by atoms with E-state index >= 15 is 0 Å². The van der Waals surface area contributed by atoms with Gasteiger partial charge in [-0.2, -0.15) is 13.2 Å². The first kappa shape index (κ1) is 16.8. The van der Waals surface area contributed by atoms with Gasteiger partial charge in [-0.05, 0) is 42.8 Å². The van der Waals surface area contributed by atoms with E-state index in [0.29, 0.717) is 11.3 Å². The van der Waals surface area contributed by atoms with Gasteiger partial charge < -0.3 is 15.7 Å². The average Bonchev–Trinajstić information content (AvgIpc) is 2.46. The van der Waals surface area contributed by atoms with Crippen molar-refractivity contribution in [2.75, 3.05) is 10.6 Å². The third-order valence-corrected chi connectivity index (χ3v) is 3.07. The molecule has 0 aromatic heterocycles. The van der Waals surface area contributed by atoms with E-state index in [4.69, 9.17) is 0 Å². The summed E-state index contributed by atoms with van der Waals surface area (Å²) < 4.78 is 37.9. The second-order valence-electron chi connectivity index (χ2n) is 4.96. The molecule has 0 fully saturated rings. The minimum Gasteiger partial charge on any atom is -0.389 e. The number of carbonyl (C=O) groups is 1. The molecule has 0 bridgehead atoms. The Kier molecular flexibility index (Phi) is 4.90. The number of anilines is 2. The van der Waals surface area contributed by atoms with Crippen molar-refractivity contribution in [3.8, 4) is 0 Å². The lowest BCUT2D eigenvalue weighted by Crippen LogP contribution is -2.20. The first-order chi connectivity index (χ1) is 10.8. The van der Waals surface area contributed by atoms with E-state index in [9.17, 15) is 23.1 Å². The van der Waals surface area contributed by atoms with Crippen molar-refractivity contribution in [1.82, 2.24) is 0 Å². The Morgan fingerprint density at radius 2 is 1.61 bits per heavy atom. The van der Waals surface area contributed by atoms with Crippen molar-refractivity contribution in [1.29, 1.82) is 0 Å². The Bertz CT molecular complexity index is 700. The summed E-state index contributed by atoms with van der Waals surface area (Å²) in [5.74, 6) is 0. The smallest absolute Gasteiger partial charge is 0.389 e. The van der Waals surface area contributed by atoms with Crippen LogP contribution in [0.4, 0.5) is 29.3 Å². The molecule has 1 atom stereocenters. The average molecular weight is 324 g/mol. The molecule has 2 amide bonds. The summed E-state index contributed by atoms with van der Waals surface area (Å²) in [5.41, 5.74) is 0.227. The van der Waals surface area contributed by atoms with Gasteiger partial charge in [0.05, 0.1) is 11.7 Å². The Labute approximate surface area is 131 Å². The van der Waals surface area contributed by atoms with Gasteiger partial charge in [0.25, 0.3) is 0 Å². The molecule has 0 aliphatic rings. The highest BCUT2D eigenvalue weighted by molar-refractivity contribution is 5.99. The van der Waals surface area contributed by atoms with E-state index in [1.807, 2.05) is 0 Å². The van der Waals surface area contributed by atoms with Gasteiger partial charge >= 0.3 is 12.2 Å². The van der Waals surface area contributed by atoms with Crippen LogP contribution in [0.5, 0.6) is 0 Å². The molecule has 0 radical (unpaired) electrons. The monoisotopic (exact) mass is 324 g/mol. The molecule has 0 spiro atoms. The molecule has 4 nitrogen and oxygen atoms in total. The quantitative estimate of drug-likeness (QED) is 0.783. The Hall–Kier alpha value is -2.54. The zero-order chi connectivity index (χ0) is 17.0. The summed E-state index contributed by atoms with van der Waals surface area (Å²) in [5, 5.41) is 14.3. The Morgan fingerprint density at radius 3 is 2.17 bits per heavy atom. The molecule has 7 heteroatoms. The molecule has 122 valence electrons. The number of carbonyl (C=O) groups excluding carboxylic acids is 1. The Morgan fingerprint density at radius 1 is 1.04 bits per heavy atom. The predicted molar refractivity (Wildman–Crippen MR) is 81.2 cm³/mol. The summed E-state index contributed by atoms with van der Waals surface area (Å²) in [7, 11) is 0. The summed E-state index contributed by atoms with van der Waals surface area (Å²) >= 11 is 0. The van der Waals surface area contributed by atoms with Crippen LogP contribution in [0.25, 0.3) is 0 Å². The van der Waals surface area contributed by atoms with Crippen molar-refractivity contribution < 1.29 is 23.1 Å².